The number of carbonyl (C=O) groups is 1. The van der Waals surface area contributed by atoms with E-state index in [1.165, 1.54) is 0 Å². The first-order valence-corrected chi connectivity index (χ1v) is 7.26. The van der Waals surface area contributed by atoms with Crippen LogP contribution in [0.15, 0.2) is 47.3 Å². The molecule has 1 N–H and O–H groups in total. The third-order valence-electron chi connectivity index (χ3n) is 3.65. The molecular weight excluding hydrogens is 337 g/mol. The molecule has 0 aliphatic rings. The van der Waals surface area contributed by atoms with Crippen molar-refractivity contribution >= 4 is 22.4 Å². The molecule has 0 spiro atoms. The highest BCUT2D eigenvalue weighted by Gasteiger charge is 2.38. The van der Waals surface area contributed by atoms with E-state index in [0.29, 0.717) is 14.9 Å². The molecule has 3 rings (SSSR count). The molecule has 0 aliphatic heterocycles. The van der Waals surface area contributed by atoms with Gasteiger partial charge >= 0.3 is 11.9 Å². The number of rotatable bonds is 3. The van der Waals surface area contributed by atoms with E-state index in [-0.39, 0.29) is 0 Å². The molecule has 1 heterocycles. The Labute approximate surface area is 139 Å². The highest BCUT2D eigenvalue weighted by atomic mass is 19.4. The maximum absolute atomic E-state index is 12.8. The van der Waals surface area contributed by atoms with Crippen LogP contribution >= 0.6 is 0 Å². The van der Waals surface area contributed by atoms with E-state index in [2.05, 4.69) is 10.4 Å². The Kier molecular flexibility index (Phi) is 4.07. The zero-order valence-corrected chi connectivity index (χ0v) is 13.0. The summed E-state index contributed by atoms with van der Waals surface area (Å²) in [6, 6.07) is 12.6. The molecule has 0 aliphatic carbocycles. The van der Waals surface area contributed by atoms with Gasteiger partial charge in [-0.3, -0.25) is 9.36 Å². The first-order chi connectivity index (χ1) is 11.8. The molecule has 1 amide bonds. The molecule has 130 valence electrons. The third kappa shape index (κ3) is 3.25. The van der Waals surface area contributed by atoms with Gasteiger partial charge in [-0.15, -0.1) is 5.10 Å². The van der Waals surface area contributed by atoms with E-state index in [0.717, 1.165) is 17.8 Å². The molecule has 6 nitrogen and oxygen atoms in total. The Morgan fingerprint density at radius 1 is 1.16 bits per heavy atom. The second-order valence-corrected chi connectivity index (χ2v) is 5.40. The molecule has 25 heavy (non-hydrogen) atoms. The SMILES string of the molecule is Cn1c(C(F)(F)F)nn(CC(=O)Nc2cccc3ccccc23)c1=O. The summed E-state index contributed by atoms with van der Waals surface area (Å²) in [5.74, 6) is -2.00. The summed E-state index contributed by atoms with van der Waals surface area (Å²) < 4.78 is 39.1. The number of hydrogen-bond donors (Lipinski definition) is 1. The molecule has 2 aromatic carbocycles. The van der Waals surface area contributed by atoms with Crippen molar-refractivity contribution < 1.29 is 18.0 Å². The molecule has 0 saturated carbocycles. The van der Waals surface area contributed by atoms with Crippen molar-refractivity contribution in [1.82, 2.24) is 14.3 Å². The summed E-state index contributed by atoms with van der Waals surface area (Å²) in [6.07, 6.45) is -4.77. The number of nitrogens with zero attached hydrogens (tertiary/aromatic N) is 3. The lowest BCUT2D eigenvalue weighted by atomic mass is 10.1. The number of hydrogen-bond acceptors (Lipinski definition) is 3. The molecule has 9 heteroatoms. The monoisotopic (exact) mass is 350 g/mol. The fourth-order valence-electron chi connectivity index (χ4n) is 2.50. The van der Waals surface area contributed by atoms with Gasteiger partial charge in [0.2, 0.25) is 11.7 Å². The maximum atomic E-state index is 12.8. The van der Waals surface area contributed by atoms with Gasteiger partial charge in [0.25, 0.3) is 0 Å². The van der Waals surface area contributed by atoms with Crippen molar-refractivity contribution in [2.24, 2.45) is 7.05 Å². The highest BCUT2D eigenvalue weighted by molar-refractivity contribution is 6.01. The van der Waals surface area contributed by atoms with Crippen molar-refractivity contribution in [3.05, 3.63) is 58.8 Å². The van der Waals surface area contributed by atoms with Gasteiger partial charge in [-0.05, 0) is 11.5 Å². The average Bonchev–Trinajstić information content (AvgIpc) is 2.83. The van der Waals surface area contributed by atoms with Crippen LogP contribution in [-0.4, -0.2) is 20.3 Å². The van der Waals surface area contributed by atoms with Crippen LogP contribution in [-0.2, 0) is 24.6 Å². The molecule has 3 aromatic rings. The smallest absolute Gasteiger partial charge is 0.324 e. The first-order valence-electron chi connectivity index (χ1n) is 7.26. The first kappa shape index (κ1) is 16.7. The topological polar surface area (TPSA) is 68.9 Å². The number of anilines is 1. The fourth-order valence-corrected chi connectivity index (χ4v) is 2.50. The van der Waals surface area contributed by atoms with Gasteiger partial charge in [0.1, 0.15) is 6.54 Å². The number of nitrogens with one attached hydrogen (secondary N) is 1. The highest BCUT2D eigenvalue weighted by Crippen LogP contribution is 2.26. The van der Waals surface area contributed by atoms with E-state index in [9.17, 15) is 22.8 Å². The summed E-state index contributed by atoms with van der Waals surface area (Å²) in [6.45, 7) is -0.619. The quantitative estimate of drug-likeness (QED) is 0.789. The number of fused-ring (bicyclic) bond motifs is 1. The van der Waals surface area contributed by atoms with Crippen molar-refractivity contribution in [2.75, 3.05) is 5.32 Å². The zero-order chi connectivity index (χ0) is 18.2. The minimum atomic E-state index is -4.77. The summed E-state index contributed by atoms with van der Waals surface area (Å²) in [5, 5.41) is 7.48. The largest absolute Gasteiger partial charge is 0.451 e. The molecule has 0 atom stereocenters. The van der Waals surface area contributed by atoms with E-state index < -0.39 is 30.1 Å². The van der Waals surface area contributed by atoms with Crippen LogP contribution in [0.5, 0.6) is 0 Å². The number of benzene rings is 2. The minimum absolute atomic E-state index is 0.366. The maximum Gasteiger partial charge on any atom is 0.451 e. The minimum Gasteiger partial charge on any atom is -0.324 e. The molecule has 0 unspecified atom stereocenters. The summed E-state index contributed by atoms with van der Waals surface area (Å²) in [7, 11) is 0.956. The van der Waals surface area contributed by atoms with Crippen LogP contribution in [0.25, 0.3) is 10.8 Å². The Hall–Kier alpha value is -3.10. The second-order valence-electron chi connectivity index (χ2n) is 5.40. The van der Waals surface area contributed by atoms with E-state index in [1.54, 1.807) is 24.3 Å². The lowest BCUT2D eigenvalue weighted by Gasteiger charge is -2.08. The van der Waals surface area contributed by atoms with Crippen molar-refractivity contribution in [1.29, 1.82) is 0 Å². The van der Waals surface area contributed by atoms with Gasteiger partial charge in [0.05, 0.1) is 0 Å². The molecule has 1 aromatic heterocycles. The van der Waals surface area contributed by atoms with Gasteiger partial charge in [-0.2, -0.15) is 13.2 Å². The predicted molar refractivity (Wildman–Crippen MR) is 85.0 cm³/mol. The Morgan fingerprint density at radius 3 is 2.52 bits per heavy atom. The van der Waals surface area contributed by atoms with Gasteiger partial charge in [0, 0.05) is 18.1 Å². The average molecular weight is 350 g/mol. The summed E-state index contributed by atoms with van der Waals surface area (Å²) in [4.78, 5) is 24.0. The van der Waals surface area contributed by atoms with Crippen LogP contribution < -0.4 is 11.0 Å². The molecule has 0 radical (unpaired) electrons. The Balaban J connectivity index is 1.85. The lowest BCUT2D eigenvalue weighted by molar-refractivity contribution is -0.147. The second kappa shape index (κ2) is 6.08. The van der Waals surface area contributed by atoms with E-state index >= 15 is 0 Å². The number of carbonyl (C=O) groups excluding carboxylic acids is 1. The summed E-state index contributed by atoms with van der Waals surface area (Å²) >= 11 is 0. The van der Waals surface area contributed by atoms with Crippen molar-refractivity contribution in [3.8, 4) is 0 Å². The number of halogens is 3. The number of amides is 1. The Bertz CT molecular complexity index is 999. The van der Waals surface area contributed by atoms with E-state index in [4.69, 9.17) is 0 Å². The van der Waals surface area contributed by atoms with Gasteiger partial charge in [0.15, 0.2) is 0 Å². The molecular formula is C16H13F3N4O2. The predicted octanol–water partition coefficient (Wildman–Crippen LogP) is 2.39. The third-order valence-corrected chi connectivity index (χ3v) is 3.65. The summed E-state index contributed by atoms with van der Waals surface area (Å²) in [5.41, 5.74) is -0.511. The Morgan fingerprint density at radius 2 is 1.84 bits per heavy atom. The lowest BCUT2D eigenvalue weighted by Crippen LogP contribution is -2.29. The zero-order valence-electron chi connectivity index (χ0n) is 13.0. The van der Waals surface area contributed by atoms with Gasteiger partial charge in [-0.1, -0.05) is 36.4 Å². The van der Waals surface area contributed by atoms with Gasteiger partial charge < -0.3 is 5.32 Å². The fraction of sp³-hybridized carbons (Fsp3) is 0.188. The molecule has 0 saturated heterocycles. The molecule has 0 fully saturated rings. The van der Waals surface area contributed by atoms with Crippen LogP contribution in [0, 0.1) is 0 Å². The van der Waals surface area contributed by atoms with Crippen LogP contribution in [0.4, 0.5) is 18.9 Å². The van der Waals surface area contributed by atoms with E-state index in [1.807, 2.05) is 18.2 Å². The van der Waals surface area contributed by atoms with Crippen molar-refractivity contribution in [3.63, 3.8) is 0 Å². The molecule has 0 bridgehead atoms. The van der Waals surface area contributed by atoms with Crippen LogP contribution in [0.3, 0.4) is 0 Å². The van der Waals surface area contributed by atoms with Crippen LogP contribution in [0.1, 0.15) is 5.82 Å². The number of alkyl halides is 3. The number of aromatic nitrogens is 3. The normalized spacial score (nSPS) is 11.7. The van der Waals surface area contributed by atoms with Crippen LogP contribution in [0.2, 0.25) is 0 Å². The standard InChI is InChI=1S/C16H13F3N4O2/c1-22-14(16(17,18)19)21-23(15(22)25)9-13(24)20-12-8-4-6-10-5-2-3-7-11(10)12/h2-8H,9H2,1H3,(H,20,24). The van der Waals surface area contributed by atoms with Gasteiger partial charge in [-0.25, -0.2) is 9.48 Å². The van der Waals surface area contributed by atoms with Crippen molar-refractivity contribution in [2.45, 2.75) is 12.7 Å².